The molecule has 64 valence electrons. The average molecular weight is 158 g/mol. The van der Waals surface area contributed by atoms with Crippen LogP contribution in [0.1, 0.15) is 26.7 Å². The molecule has 0 radical (unpaired) electrons. The van der Waals surface area contributed by atoms with Gasteiger partial charge in [0.25, 0.3) is 0 Å². The van der Waals surface area contributed by atoms with E-state index in [9.17, 15) is 5.11 Å². The minimum absolute atomic E-state index is 0.00347. The molecule has 2 bridgehead atoms. The molecule has 3 unspecified atom stereocenters. The molecule has 2 rings (SSSR count). The maximum Gasteiger partial charge on any atom is 0.163 e. The van der Waals surface area contributed by atoms with Crippen molar-refractivity contribution in [1.82, 2.24) is 0 Å². The number of hydrogen-bond donors (Lipinski definition) is 1. The summed E-state index contributed by atoms with van der Waals surface area (Å²) >= 11 is 0. The van der Waals surface area contributed by atoms with Crippen LogP contribution in [0.4, 0.5) is 0 Å². The number of aliphatic hydroxyl groups excluding tert-OH is 1. The van der Waals surface area contributed by atoms with Crippen molar-refractivity contribution in [1.29, 1.82) is 0 Å². The highest BCUT2D eigenvalue weighted by atomic mass is 16.7. The van der Waals surface area contributed by atoms with Gasteiger partial charge in [0.1, 0.15) is 0 Å². The van der Waals surface area contributed by atoms with E-state index in [4.69, 9.17) is 9.47 Å². The van der Waals surface area contributed by atoms with E-state index in [1.54, 1.807) is 0 Å². The van der Waals surface area contributed by atoms with Gasteiger partial charge in [-0.2, -0.15) is 0 Å². The molecule has 3 atom stereocenters. The highest BCUT2D eigenvalue weighted by Gasteiger charge is 2.45. The normalized spacial score (nSPS) is 47.7. The van der Waals surface area contributed by atoms with Crippen molar-refractivity contribution in [3.8, 4) is 0 Å². The maximum atomic E-state index is 9.43. The van der Waals surface area contributed by atoms with Gasteiger partial charge in [0, 0.05) is 12.8 Å². The molecule has 1 heterocycles. The van der Waals surface area contributed by atoms with Gasteiger partial charge in [0.15, 0.2) is 5.79 Å². The summed E-state index contributed by atoms with van der Waals surface area (Å²) in [4.78, 5) is 0. The predicted molar refractivity (Wildman–Crippen MR) is 39.1 cm³/mol. The lowest BCUT2D eigenvalue weighted by atomic mass is 10.2. The lowest BCUT2D eigenvalue weighted by Crippen LogP contribution is -2.41. The summed E-state index contributed by atoms with van der Waals surface area (Å²) in [5, 5.41) is 9.43. The second-order valence-corrected chi connectivity index (χ2v) is 3.83. The fourth-order valence-electron chi connectivity index (χ4n) is 1.95. The van der Waals surface area contributed by atoms with Crippen LogP contribution in [0.25, 0.3) is 0 Å². The van der Waals surface area contributed by atoms with Crippen LogP contribution >= 0.6 is 0 Å². The van der Waals surface area contributed by atoms with E-state index < -0.39 is 5.79 Å². The summed E-state index contributed by atoms with van der Waals surface area (Å²) in [6.07, 6.45) is 1.47. The summed E-state index contributed by atoms with van der Waals surface area (Å²) in [7, 11) is 0. The third-order valence-electron chi connectivity index (χ3n) is 2.31. The molecule has 1 aliphatic carbocycles. The van der Waals surface area contributed by atoms with Crippen LogP contribution in [-0.4, -0.2) is 29.2 Å². The quantitative estimate of drug-likeness (QED) is 0.563. The van der Waals surface area contributed by atoms with E-state index in [1.165, 1.54) is 0 Å². The molecule has 0 spiro atoms. The molecule has 1 saturated heterocycles. The van der Waals surface area contributed by atoms with E-state index in [0.717, 1.165) is 12.8 Å². The Kier molecular flexibility index (Phi) is 1.50. The first-order valence-electron chi connectivity index (χ1n) is 4.10. The second-order valence-electron chi connectivity index (χ2n) is 3.83. The Balaban J connectivity index is 2.12. The van der Waals surface area contributed by atoms with Crippen LogP contribution in [-0.2, 0) is 9.47 Å². The zero-order chi connectivity index (χ0) is 8.06. The topological polar surface area (TPSA) is 38.7 Å². The smallest absolute Gasteiger partial charge is 0.163 e. The van der Waals surface area contributed by atoms with Gasteiger partial charge < -0.3 is 14.6 Å². The summed E-state index contributed by atoms with van der Waals surface area (Å²) in [5.74, 6) is -0.495. The minimum Gasteiger partial charge on any atom is -0.390 e. The van der Waals surface area contributed by atoms with E-state index in [2.05, 4.69) is 0 Å². The zero-order valence-electron chi connectivity index (χ0n) is 6.91. The minimum atomic E-state index is -0.495. The molecule has 0 aromatic heterocycles. The molecular weight excluding hydrogens is 144 g/mol. The predicted octanol–water partition coefficient (Wildman–Crippen LogP) is 0.661. The highest BCUT2D eigenvalue weighted by Crippen LogP contribution is 2.36. The Morgan fingerprint density at radius 3 is 2.64 bits per heavy atom. The van der Waals surface area contributed by atoms with Crippen molar-refractivity contribution >= 4 is 0 Å². The molecule has 1 N–H and O–H groups in total. The third kappa shape index (κ3) is 1.28. The van der Waals surface area contributed by atoms with Crippen LogP contribution in [0.2, 0.25) is 0 Å². The standard InChI is InChI=1S/C8H14O3/c1-8(2)10-5-3-6(9)7(4-5)11-8/h5-7,9H,3-4H2,1-2H3. The Labute approximate surface area is 66.3 Å². The van der Waals surface area contributed by atoms with E-state index in [1.807, 2.05) is 13.8 Å². The van der Waals surface area contributed by atoms with E-state index >= 15 is 0 Å². The van der Waals surface area contributed by atoms with Crippen LogP contribution in [0.15, 0.2) is 0 Å². The molecule has 0 aromatic rings. The second kappa shape index (κ2) is 2.19. The molecular formula is C8H14O3. The van der Waals surface area contributed by atoms with Crippen molar-refractivity contribution in [2.45, 2.75) is 50.8 Å². The summed E-state index contributed by atoms with van der Waals surface area (Å²) in [6.45, 7) is 3.79. The van der Waals surface area contributed by atoms with Crippen LogP contribution < -0.4 is 0 Å². The fourth-order valence-corrected chi connectivity index (χ4v) is 1.95. The van der Waals surface area contributed by atoms with Gasteiger partial charge in [0.05, 0.1) is 18.3 Å². The zero-order valence-corrected chi connectivity index (χ0v) is 6.91. The van der Waals surface area contributed by atoms with Crippen molar-refractivity contribution in [3.63, 3.8) is 0 Å². The summed E-state index contributed by atoms with van der Waals surface area (Å²) < 4.78 is 11.1. The molecule has 0 amide bonds. The van der Waals surface area contributed by atoms with Gasteiger partial charge in [0.2, 0.25) is 0 Å². The lowest BCUT2D eigenvalue weighted by molar-refractivity contribution is -0.284. The van der Waals surface area contributed by atoms with E-state index in [0.29, 0.717) is 0 Å². The maximum absolute atomic E-state index is 9.43. The molecule has 0 aromatic carbocycles. The molecule has 2 aliphatic rings. The first-order valence-corrected chi connectivity index (χ1v) is 4.10. The highest BCUT2D eigenvalue weighted by molar-refractivity contribution is 4.90. The molecule has 1 aliphatic heterocycles. The van der Waals surface area contributed by atoms with E-state index in [-0.39, 0.29) is 18.3 Å². The average Bonchev–Trinajstić information content (AvgIpc) is 2.05. The first-order chi connectivity index (χ1) is 5.07. The summed E-state index contributed by atoms with van der Waals surface area (Å²) in [5.41, 5.74) is 0. The number of hydrogen-bond acceptors (Lipinski definition) is 3. The van der Waals surface area contributed by atoms with Crippen molar-refractivity contribution in [2.75, 3.05) is 0 Å². The Hall–Kier alpha value is -0.120. The largest absolute Gasteiger partial charge is 0.390 e. The molecule has 3 nitrogen and oxygen atoms in total. The Morgan fingerprint density at radius 1 is 1.27 bits per heavy atom. The van der Waals surface area contributed by atoms with Gasteiger partial charge in [-0.05, 0) is 13.8 Å². The van der Waals surface area contributed by atoms with Gasteiger partial charge in [-0.1, -0.05) is 0 Å². The van der Waals surface area contributed by atoms with Crippen LogP contribution in [0, 0.1) is 0 Å². The number of aliphatic hydroxyl groups is 1. The molecule has 1 saturated carbocycles. The third-order valence-corrected chi connectivity index (χ3v) is 2.31. The van der Waals surface area contributed by atoms with Gasteiger partial charge >= 0.3 is 0 Å². The van der Waals surface area contributed by atoms with Gasteiger partial charge in [-0.15, -0.1) is 0 Å². The number of ether oxygens (including phenoxy) is 2. The summed E-state index contributed by atoms with van der Waals surface area (Å²) in [6, 6.07) is 0. The Bertz CT molecular complexity index is 165. The fraction of sp³-hybridized carbons (Fsp3) is 1.00. The number of fused-ring (bicyclic) bond motifs is 2. The van der Waals surface area contributed by atoms with Crippen LogP contribution in [0.5, 0.6) is 0 Å². The first kappa shape index (κ1) is 7.53. The lowest BCUT2D eigenvalue weighted by Gasteiger charge is -2.35. The van der Waals surface area contributed by atoms with Crippen molar-refractivity contribution in [3.05, 3.63) is 0 Å². The van der Waals surface area contributed by atoms with Gasteiger partial charge in [-0.3, -0.25) is 0 Å². The monoisotopic (exact) mass is 158 g/mol. The molecule has 2 fully saturated rings. The SMILES string of the molecule is CC1(C)OC2CC(O)C(C2)O1. The van der Waals surface area contributed by atoms with Crippen LogP contribution in [0.3, 0.4) is 0 Å². The van der Waals surface area contributed by atoms with Crippen molar-refractivity contribution in [2.24, 2.45) is 0 Å². The Morgan fingerprint density at radius 2 is 2.00 bits per heavy atom. The number of rotatable bonds is 0. The molecule has 11 heavy (non-hydrogen) atoms. The van der Waals surface area contributed by atoms with Crippen molar-refractivity contribution < 1.29 is 14.6 Å². The van der Waals surface area contributed by atoms with Gasteiger partial charge in [-0.25, -0.2) is 0 Å². The molecule has 3 heteroatoms.